The Bertz CT molecular complexity index is 548. The van der Waals surface area contributed by atoms with E-state index in [1.54, 1.807) is 18.5 Å². The number of carboxylic acid groups (broad SMARTS) is 1. The molecule has 2 rings (SSSR count). The van der Waals surface area contributed by atoms with Gasteiger partial charge in [-0.25, -0.2) is 19.7 Å². The maximum Gasteiger partial charge on any atom is 0.354 e. The number of carboxylic acids is 1. The zero-order chi connectivity index (χ0) is 12.3. The highest BCUT2D eigenvalue weighted by Crippen LogP contribution is 2.24. The first kappa shape index (κ1) is 12.0. The molecule has 0 aliphatic heterocycles. The highest BCUT2D eigenvalue weighted by molar-refractivity contribution is 9.10. The van der Waals surface area contributed by atoms with E-state index >= 15 is 0 Å². The molecule has 7 heteroatoms. The molecule has 0 amide bonds. The maximum atomic E-state index is 10.7. The van der Waals surface area contributed by atoms with Gasteiger partial charge in [-0.1, -0.05) is 0 Å². The average Bonchev–Trinajstić information content (AvgIpc) is 2.32. The smallest absolute Gasteiger partial charge is 0.354 e. The molecule has 5 nitrogen and oxygen atoms in total. The maximum absolute atomic E-state index is 10.7. The van der Waals surface area contributed by atoms with E-state index < -0.39 is 5.97 Å². The lowest BCUT2D eigenvalue weighted by atomic mass is 10.4. The molecule has 2 aromatic heterocycles. The van der Waals surface area contributed by atoms with Gasteiger partial charge in [0.1, 0.15) is 5.69 Å². The number of pyridine rings is 1. The van der Waals surface area contributed by atoms with Crippen LogP contribution in [0.2, 0.25) is 0 Å². The minimum absolute atomic E-state index is 0.00658. The minimum atomic E-state index is -1.05. The molecule has 0 spiro atoms. The Kier molecular flexibility index (Phi) is 3.70. The van der Waals surface area contributed by atoms with E-state index in [1.807, 2.05) is 0 Å². The van der Waals surface area contributed by atoms with Gasteiger partial charge in [0.2, 0.25) is 0 Å². The van der Waals surface area contributed by atoms with Crippen molar-refractivity contribution in [1.29, 1.82) is 0 Å². The van der Waals surface area contributed by atoms with Gasteiger partial charge >= 0.3 is 5.97 Å². The van der Waals surface area contributed by atoms with Gasteiger partial charge in [-0.3, -0.25) is 0 Å². The SMILES string of the molecule is O=C(O)c1cc(Sc2ncc(Br)cn2)ccn1. The fourth-order valence-corrected chi connectivity index (χ4v) is 1.98. The van der Waals surface area contributed by atoms with Gasteiger partial charge in [-0.15, -0.1) is 0 Å². The largest absolute Gasteiger partial charge is 0.477 e. The molecule has 17 heavy (non-hydrogen) atoms. The molecule has 0 aromatic carbocycles. The van der Waals surface area contributed by atoms with E-state index in [0.29, 0.717) is 5.16 Å². The highest BCUT2D eigenvalue weighted by atomic mass is 79.9. The molecule has 0 bridgehead atoms. The van der Waals surface area contributed by atoms with Crippen LogP contribution in [0.15, 0.2) is 45.2 Å². The lowest BCUT2D eigenvalue weighted by molar-refractivity contribution is 0.0690. The molecule has 0 radical (unpaired) electrons. The Morgan fingerprint density at radius 3 is 2.65 bits per heavy atom. The number of hydrogen-bond acceptors (Lipinski definition) is 5. The fraction of sp³-hybridized carbons (Fsp3) is 0. The molecular weight excluding hydrogens is 306 g/mol. The summed E-state index contributed by atoms with van der Waals surface area (Å²) >= 11 is 4.52. The van der Waals surface area contributed by atoms with Gasteiger partial charge in [0.25, 0.3) is 0 Å². The molecule has 0 saturated carbocycles. The Labute approximate surface area is 109 Å². The molecule has 2 aromatic rings. The standard InChI is InChI=1S/C10H6BrN3O2S/c11-6-4-13-10(14-5-6)17-7-1-2-12-8(3-7)9(15)16/h1-5H,(H,15,16). The van der Waals surface area contributed by atoms with Crippen LogP contribution in [0.5, 0.6) is 0 Å². The van der Waals surface area contributed by atoms with Crippen LogP contribution in [0.1, 0.15) is 10.5 Å². The number of rotatable bonds is 3. The van der Waals surface area contributed by atoms with Crippen LogP contribution in [0.25, 0.3) is 0 Å². The van der Waals surface area contributed by atoms with Crippen molar-refractivity contribution < 1.29 is 9.90 Å². The van der Waals surface area contributed by atoms with Gasteiger partial charge in [-0.05, 0) is 39.8 Å². The van der Waals surface area contributed by atoms with Crippen molar-refractivity contribution in [2.45, 2.75) is 10.1 Å². The molecule has 2 heterocycles. The molecule has 1 N–H and O–H groups in total. The average molecular weight is 312 g/mol. The monoisotopic (exact) mass is 311 g/mol. The number of aromatic nitrogens is 3. The Hall–Kier alpha value is -1.47. The van der Waals surface area contributed by atoms with Crippen LogP contribution in [0.4, 0.5) is 0 Å². The Balaban J connectivity index is 2.21. The van der Waals surface area contributed by atoms with E-state index in [4.69, 9.17) is 5.11 Å². The van der Waals surface area contributed by atoms with Crippen molar-refractivity contribution in [2.24, 2.45) is 0 Å². The molecular formula is C10H6BrN3O2S. The summed E-state index contributed by atoms with van der Waals surface area (Å²) in [5.41, 5.74) is 0.00658. The van der Waals surface area contributed by atoms with Crippen LogP contribution < -0.4 is 0 Å². The van der Waals surface area contributed by atoms with Crippen LogP contribution >= 0.6 is 27.7 Å². The quantitative estimate of drug-likeness (QED) is 0.878. The second kappa shape index (κ2) is 5.24. The van der Waals surface area contributed by atoms with E-state index in [1.165, 1.54) is 24.0 Å². The van der Waals surface area contributed by atoms with E-state index in [9.17, 15) is 4.79 Å². The first-order valence-corrected chi connectivity index (χ1v) is 6.11. The third-order valence-corrected chi connectivity index (χ3v) is 3.05. The lowest BCUT2D eigenvalue weighted by Crippen LogP contribution is -1.99. The number of aromatic carboxylic acids is 1. The first-order chi connectivity index (χ1) is 8.15. The molecule has 0 atom stereocenters. The summed E-state index contributed by atoms with van der Waals surface area (Å²) in [6, 6.07) is 3.20. The topological polar surface area (TPSA) is 76.0 Å². The summed E-state index contributed by atoms with van der Waals surface area (Å²) < 4.78 is 0.794. The number of halogens is 1. The zero-order valence-corrected chi connectivity index (χ0v) is 10.8. The summed E-state index contributed by atoms with van der Waals surface area (Å²) in [6.45, 7) is 0. The van der Waals surface area contributed by atoms with Crippen LogP contribution in [0.3, 0.4) is 0 Å². The highest BCUT2D eigenvalue weighted by Gasteiger charge is 2.07. The van der Waals surface area contributed by atoms with Crippen molar-refractivity contribution >= 4 is 33.7 Å². The Morgan fingerprint density at radius 1 is 1.29 bits per heavy atom. The van der Waals surface area contributed by atoms with Crippen molar-refractivity contribution in [3.05, 3.63) is 40.9 Å². The first-order valence-electron chi connectivity index (χ1n) is 4.50. The molecule has 0 unspecified atom stereocenters. The van der Waals surface area contributed by atoms with Crippen molar-refractivity contribution in [3.8, 4) is 0 Å². The van der Waals surface area contributed by atoms with Crippen molar-refractivity contribution in [1.82, 2.24) is 15.0 Å². The second-order valence-electron chi connectivity index (χ2n) is 2.97. The van der Waals surface area contributed by atoms with Crippen molar-refractivity contribution in [3.63, 3.8) is 0 Å². The second-order valence-corrected chi connectivity index (χ2v) is 4.92. The predicted octanol–water partition coefficient (Wildman–Crippen LogP) is 2.48. The number of nitrogens with zero attached hydrogens (tertiary/aromatic N) is 3. The van der Waals surface area contributed by atoms with Crippen LogP contribution in [-0.4, -0.2) is 26.0 Å². The lowest BCUT2D eigenvalue weighted by Gasteiger charge is -2.00. The van der Waals surface area contributed by atoms with Crippen LogP contribution in [0, 0.1) is 0 Å². The van der Waals surface area contributed by atoms with Gasteiger partial charge in [-0.2, -0.15) is 0 Å². The van der Waals surface area contributed by atoms with Gasteiger partial charge in [0.15, 0.2) is 5.16 Å². The number of carbonyl (C=O) groups is 1. The minimum Gasteiger partial charge on any atom is -0.477 e. The Morgan fingerprint density at radius 2 is 2.00 bits per heavy atom. The summed E-state index contributed by atoms with van der Waals surface area (Å²) in [7, 11) is 0. The zero-order valence-electron chi connectivity index (χ0n) is 8.37. The third-order valence-electron chi connectivity index (χ3n) is 1.76. The predicted molar refractivity (Wildman–Crippen MR) is 65.1 cm³/mol. The molecule has 86 valence electrons. The molecule has 0 aliphatic rings. The fourth-order valence-electron chi connectivity index (χ4n) is 1.05. The normalized spacial score (nSPS) is 10.2. The van der Waals surface area contributed by atoms with E-state index in [0.717, 1.165) is 9.37 Å². The summed E-state index contributed by atoms with van der Waals surface area (Å²) in [4.78, 5) is 23.4. The third kappa shape index (κ3) is 3.24. The van der Waals surface area contributed by atoms with Gasteiger partial charge in [0.05, 0.1) is 4.47 Å². The number of hydrogen-bond donors (Lipinski definition) is 1. The molecule has 0 saturated heterocycles. The van der Waals surface area contributed by atoms with E-state index in [-0.39, 0.29) is 5.69 Å². The van der Waals surface area contributed by atoms with Crippen LogP contribution in [-0.2, 0) is 0 Å². The molecule has 0 aliphatic carbocycles. The summed E-state index contributed by atoms with van der Waals surface area (Å²) in [5, 5.41) is 9.35. The van der Waals surface area contributed by atoms with E-state index in [2.05, 4.69) is 30.9 Å². The van der Waals surface area contributed by atoms with Crippen molar-refractivity contribution in [2.75, 3.05) is 0 Å². The summed E-state index contributed by atoms with van der Waals surface area (Å²) in [5.74, 6) is -1.05. The molecule has 0 fully saturated rings. The van der Waals surface area contributed by atoms with Gasteiger partial charge < -0.3 is 5.11 Å². The van der Waals surface area contributed by atoms with Gasteiger partial charge in [0, 0.05) is 23.5 Å². The summed E-state index contributed by atoms with van der Waals surface area (Å²) in [6.07, 6.45) is 4.72.